The molecule has 5 heteroatoms. The highest BCUT2D eigenvalue weighted by molar-refractivity contribution is 5.88. The number of aromatic nitrogens is 3. The average Bonchev–Trinajstić information content (AvgIpc) is 2.81. The second kappa shape index (κ2) is 4.45. The summed E-state index contributed by atoms with van der Waals surface area (Å²) in [5.74, 6) is -0.996. The third-order valence-corrected chi connectivity index (χ3v) is 3.22. The molecule has 0 aliphatic heterocycles. The number of aryl methyl sites for hydroxylation is 2. The van der Waals surface area contributed by atoms with Crippen molar-refractivity contribution in [2.75, 3.05) is 0 Å². The summed E-state index contributed by atoms with van der Waals surface area (Å²) in [6, 6.07) is 9.86. The largest absolute Gasteiger partial charge is 0.478 e. The molecule has 0 atom stereocenters. The van der Waals surface area contributed by atoms with Gasteiger partial charge in [-0.25, -0.2) is 14.3 Å². The smallest absolute Gasteiger partial charge is 0.339 e. The third-order valence-electron chi connectivity index (χ3n) is 3.22. The summed E-state index contributed by atoms with van der Waals surface area (Å²) in [6.45, 7) is 3.71. The van der Waals surface area contributed by atoms with Gasteiger partial charge < -0.3 is 5.11 Å². The van der Waals surface area contributed by atoms with Gasteiger partial charge in [0.1, 0.15) is 0 Å². The van der Waals surface area contributed by atoms with Crippen molar-refractivity contribution >= 4 is 11.6 Å². The van der Waals surface area contributed by atoms with Crippen LogP contribution in [0.2, 0.25) is 0 Å². The molecule has 5 nitrogen and oxygen atoms in total. The number of benzene rings is 1. The van der Waals surface area contributed by atoms with E-state index < -0.39 is 5.97 Å². The van der Waals surface area contributed by atoms with Crippen LogP contribution in [0.5, 0.6) is 0 Å². The maximum Gasteiger partial charge on any atom is 0.339 e. The summed E-state index contributed by atoms with van der Waals surface area (Å²) in [6.07, 6.45) is 1.50. The van der Waals surface area contributed by atoms with Crippen molar-refractivity contribution in [1.82, 2.24) is 14.6 Å². The quantitative estimate of drug-likeness (QED) is 0.775. The van der Waals surface area contributed by atoms with Gasteiger partial charge in [-0.1, -0.05) is 29.8 Å². The van der Waals surface area contributed by atoms with Gasteiger partial charge in [-0.05, 0) is 13.8 Å². The number of aromatic carboxylic acids is 1. The fourth-order valence-electron chi connectivity index (χ4n) is 2.09. The van der Waals surface area contributed by atoms with Gasteiger partial charge in [0.2, 0.25) is 0 Å². The van der Waals surface area contributed by atoms with E-state index in [1.165, 1.54) is 16.3 Å². The Balaban J connectivity index is 2.15. The van der Waals surface area contributed by atoms with Crippen LogP contribution < -0.4 is 0 Å². The molecule has 20 heavy (non-hydrogen) atoms. The van der Waals surface area contributed by atoms with Crippen LogP contribution in [0.25, 0.3) is 16.9 Å². The zero-order chi connectivity index (χ0) is 14.3. The molecule has 0 saturated carbocycles. The Kier molecular flexibility index (Phi) is 2.75. The molecule has 0 aliphatic carbocycles. The SMILES string of the molecule is Cc1ccc(-c2cc3nc(C)c(C(=O)O)cn3n2)cc1. The van der Waals surface area contributed by atoms with Crippen molar-refractivity contribution in [2.45, 2.75) is 13.8 Å². The molecular weight excluding hydrogens is 254 g/mol. The summed E-state index contributed by atoms with van der Waals surface area (Å²) in [7, 11) is 0. The van der Waals surface area contributed by atoms with E-state index in [0.29, 0.717) is 11.3 Å². The number of fused-ring (bicyclic) bond motifs is 1. The Morgan fingerprint density at radius 1 is 1.20 bits per heavy atom. The van der Waals surface area contributed by atoms with E-state index in [9.17, 15) is 4.79 Å². The summed E-state index contributed by atoms with van der Waals surface area (Å²) in [5, 5.41) is 13.5. The minimum atomic E-state index is -0.996. The van der Waals surface area contributed by atoms with E-state index in [0.717, 1.165) is 11.3 Å². The fourth-order valence-corrected chi connectivity index (χ4v) is 2.09. The molecule has 2 heterocycles. The lowest BCUT2D eigenvalue weighted by Crippen LogP contribution is -2.05. The molecule has 1 aromatic carbocycles. The van der Waals surface area contributed by atoms with Crippen LogP contribution in [0, 0.1) is 13.8 Å². The van der Waals surface area contributed by atoms with Gasteiger partial charge in [-0.2, -0.15) is 5.10 Å². The molecule has 0 amide bonds. The maximum absolute atomic E-state index is 11.1. The van der Waals surface area contributed by atoms with E-state index in [1.54, 1.807) is 6.92 Å². The standard InChI is InChI=1S/C15H13N3O2/c1-9-3-5-11(6-4-9)13-7-14-16-10(2)12(15(19)20)8-18(14)17-13/h3-8H,1-2H3,(H,19,20). The molecule has 0 fully saturated rings. The predicted octanol–water partition coefficient (Wildman–Crippen LogP) is 2.71. The molecule has 0 bridgehead atoms. The first-order valence-electron chi connectivity index (χ1n) is 6.22. The molecule has 0 radical (unpaired) electrons. The van der Waals surface area contributed by atoms with Crippen molar-refractivity contribution < 1.29 is 9.90 Å². The van der Waals surface area contributed by atoms with Crippen LogP contribution in [-0.2, 0) is 0 Å². The second-order valence-electron chi connectivity index (χ2n) is 4.74. The highest BCUT2D eigenvalue weighted by Crippen LogP contribution is 2.20. The van der Waals surface area contributed by atoms with Crippen LogP contribution in [-0.4, -0.2) is 25.7 Å². The van der Waals surface area contributed by atoms with Crippen molar-refractivity contribution in [2.24, 2.45) is 0 Å². The van der Waals surface area contributed by atoms with Gasteiger partial charge in [-0.3, -0.25) is 0 Å². The van der Waals surface area contributed by atoms with E-state index in [1.807, 2.05) is 37.3 Å². The lowest BCUT2D eigenvalue weighted by molar-refractivity contribution is 0.0695. The molecule has 0 spiro atoms. The van der Waals surface area contributed by atoms with Crippen molar-refractivity contribution in [3.8, 4) is 11.3 Å². The summed E-state index contributed by atoms with van der Waals surface area (Å²) >= 11 is 0. The number of rotatable bonds is 2. The van der Waals surface area contributed by atoms with Crippen molar-refractivity contribution in [3.05, 3.63) is 53.3 Å². The zero-order valence-electron chi connectivity index (χ0n) is 11.2. The lowest BCUT2D eigenvalue weighted by atomic mass is 10.1. The molecule has 1 N–H and O–H groups in total. The topological polar surface area (TPSA) is 67.5 Å². The Hall–Kier alpha value is -2.69. The van der Waals surface area contributed by atoms with Crippen molar-refractivity contribution in [1.29, 1.82) is 0 Å². The van der Waals surface area contributed by atoms with Gasteiger partial charge in [0.05, 0.1) is 17.0 Å². The highest BCUT2D eigenvalue weighted by Gasteiger charge is 2.12. The Labute approximate surface area is 115 Å². The second-order valence-corrected chi connectivity index (χ2v) is 4.74. The number of carboxylic acids is 1. The maximum atomic E-state index is 11.1. The van der Waals surface area contributed by atoms with Gasteiger partial charge in [-0.15, -0.1) is 0 Å². The van der Waals surface area contributed by atoms with E-state index >= 15 is 0 Å². The first-order valence-corrected chi connectivity index (χ1v) is 6.22. The van der Waals surface area contributed by atoms with Crippen LogP contribution in [0.1, 0.15) is 21.6 Å². The molecular formula is C15H13N3O2. The minimum absolute atomic E-state index is 0.163. The Morgan fingerprint density at radius 2 is 1.90 bits per heavy atom. The number of carboxylic acid groups (broad SMARTS) is 1. The molecule has 3 aromatic rings. The first kappa shape index (κ1) is 12.3. The molecule has 0 saturated heterocycles. The zero-order valence-corrected chi connectivity index (χ0v) is 11.2. The first-order chi connectivity index (χ1) is 9.54. The number of nitrogens with zero attached hydrogens (tertiary/aromatic N) is 3. The number of hydrogen-bond donors (Lipinski definition) is 1. The van der Waals surface area contributed by atoms with E-state index in [4.69, 9.17) is 5.11 Å². The monoisotopic (exact) mass is 267 g/mol. The van der Waals surface area contributed by atoms with E-state index in [2.05, 4.69) is 10.1 Å². The Morgan fingerprint density at radius 3 is 2.55 bits per heavy atom. The van der Waals surface area contributed by atoms with Crippen molar-refractivity contribution in [3.63, 3.8) is 0 Å². The summed E-state index contributed by atoms with van der Waals surface area (Å²) in [5.41, 5.74) is 4.23. The van der Waals surface area contributed by atoms with Gasteiger partial charge in [0.15, 0.2) is 5.65 Å². The van der Waals surface area contributed by atoms with Gasteiger partial charge in [0.25, 0.3) is 0 Å². The van der Waals surface area contributed by atoms with Crippen LogP contribution in [0.3, 0.4) is 0 Å². The predicted molar refractivity (Wildman–Crippen MR) is 74.9 cm³/mol. The van der Waals surface area contributed by atoms with Crippen LogP contribution >= 0.6 is 0 Å². The molecule has 0 unspecified atom stereocenters. The Bertz CT molecular complexity index is 804. The number of carbonyl (C=O) groups is 1. The molecule has 3 rings (SSSR count). The molecule has 0 aliphatic rings. The third kappa shape index (κ3) is 2.03. The van der Waals surface area contributed by atoms with Crippen LogP contribution in [0.15, 0.2) is 36.5 Å². The number of hydrogen-bond acceptors (Lipinski definition) is 3. The highest BCUT2D eigenvalue weighted by atomic mass is 16.4. The molecule has 100 valence electrons. The molecule has 2 aromatic heterocycles. The van der Waals surface area contributed by atoms with E-state index in [-0.39, 0.29) is 5.56 Å². The normalized spacial score (nSPS) is 10.9. The van der Waals surface area contributed by atoms with Crippen LogP contribution in [0.4, 0.5) is 0 Å². The lowest BCUT2D eigenvalue weighted by Gasteiger charge is -2.00. The van der Waals surface area contributed by atoms with Gasteiger partial charge in [0, 0.05) is 17.8 Å². The fraction of sp³-hybridized carbons (Fsp3) is 0.133. The summed E-state index contributed by atoms with van der Waals surface area (Å²) < 4.78 is 1.51. The average molecular weight is 267 g/mol. The minimum Gasteiger partial charge on any atom is -0.478 e. The summed E-state index contributed by atoms with van der Waals surface area (Å²) in [4.78, 5) is 15.4. The van der Waals surface area contributed by atoms with Gasteiger partial charge >= 0.3 is 5.97 Å².